The van der Waals surface area contributed by atoms with Crippen LogP contribution in [0.2, 0.25) is 0 Å². The van der Waals surface area contributed by atoms with Crippen molar-refractivity contribution < 1.29 is 9.53 Å². The number of esters is 1. The summed E-state index contributed by atoms with van der Waals surface area (Å²) in [5, 5.41) is 6.72. The Hall–Kier alpha value is -0.570. The first-order valence-corrected chi connectivity index (χ1v) is 9.00. The molecule has 1 aliphatic rings. The Morgan fingerprint density at radius 2 is 1.71 bits per heavy atom. The zero-order valence-corrected chi connectivity index (χ0v) is 17.6. The quantitative estimate of drug-likeness (QED) is 0.175. The van der Waals surface area contributed by atoms with Crippen molar-refractivity contribution in [1.29, 1.82) is 0 Å². The lowest BCUT2D eigenvalue weighted by Crippen LogP contribution is -2.42. The van der Waals surface area contributed by atoms with Gasteiger partial charge in [-0.3, -0.25) is 9.79 Å². The topological polar surface area (TPSA) is 66.0 Å². The average molecular weight is 454 g/mol. The van der Waals surface area contributed by atoms with Crippen LogP contribution in [-0.2, 0) is 9.53 Å². The highest BCUT2D eigenvalue weighted by atomic mass is 127. The number of carbonyl (C=O) groups is 1. The second-order valence-electron chi connectivity index (χ2n) is 6.07. The summed E-state index contributed by atoms with van der Waals surface area (Å²) in [6.07, 6.45) is 8.78. The summed E-state index contributed by atoms with van der Waals surface area (Å²) in [5.41, 5.74) is 0. The minimum absolute atomic E-state index is 0. The molecule has 1 rings (SSSR count). The summed E-state index contributed by atoms with van der Waals surface area (Å²) >= 11 is 0. The largest absolute Gasteiger partial charge is 0.469 e. The molecule has 0 aliphatic carbocycles. The molecule has 2 N–H and O–H groups in total. The lowest BCUT2D eigenvalue weighted by molar-refractivity contribution is -0.140. The SMILES string of the molecule is CN=C(NCCCCCCC(=O)OC)NCCN1CCCCC1.I. The van der Waals surface area contributed by atoms with Gasteiger partial charge in [-0.15, -0.1) is 24.0 Å². The van der Waals surface area contributed by atoms with Gasteiger partial charge >= 0.3 is 5.97 Å². The first kappa shape index (κ1) is 23.4. The van der Waals surface area contributed by atoms with Crippen molar-refractivity contribution in [2.75, 3.05) is 46.9 Å². The van der Waals surface area contributed by atoms with Gasteiger partial charge in [0.1, 0.15) is 0 Å². The molecule has 1 heterocycles. The van der Waals surface area contributed by atoms with Crippen LogP contribution in [0.1, 0.15) is 51.4 Å². The van der Waals surface area contributed by atoms with Crippen molar-refractivity contribution in [3.8, 4) is 0 Å². The molecule has 24 heavy (non-hydrogen) atoms. The number of rotatable bonds is 10. The van der Waals surface area contributed by atoms with E-state index in [-0.39, 0.29) is 29.9 Å². The number of aliphatic imine (C=N–C) groups is 1. The Balaban J connectivity index is 0.00000529. The van der Waals surface area contributed by atoms with Crippen molar-refractivity contribution in [2.24, 2.45) is 4.99 Å². The number of piperidine rings is 1. The fourth-order valence-corrected chi connectivity index (χ4v) is 2.79. The van der Waals surface area contributed by atoms with E-state index >= 15 is 0 Å². The molecule has 1 aliphatic heterocycles. The number of methoxy groups -OCH3 is 1. The number of likely N-dealkylation sites (tertiary alicyclic amines) is 1. The predicted molar refractivity (Wildman–Crippen MR) is 110 cm³/mol. The summed E-state index contributed by atoms with van der Waals surface area (Å²) in [6, 6.07) is 0. The highest BCUT2D eigenvalue weighted by molar-refractivity contribution is 14.0. The molecule has 0 aromatic carbocycles. The Labute approximate surface area is 164 Å². The van der Waals surface area contributed by atoms with Crippen LogP contribution < -0.4 is 10.6 Å². The van der Waals surface area contributed by atoms with Gasteiger partial charge in [0.15, 0.2) is 5.96 Å². The number of ether oxygens (including phenoxy) is 1. The van der Waals surface area contributed by atoms with E-state index in [9.17, 15) is 4.79 Å². The first-order chi connectivity index (χ1) is 11.3. The van der Waals surface area contributed by atoms with Crippen molar-refractivity contribution >= 4 is 35.9 Å². The van der Waals surface area contributed by atoms with Crippen LogP contribution in [0.15, 0.2) is 4.99 Å². The van der Waals surface area contributed by atoms with Gasteiger partial charge in [-0.1, -0.05) is 19.3 Å². The average Bonchev–Trinajstić information content (AvgIpc) is 2.59. The number of hydrogen-bond donors (Lipinski definition) is 2. The molecular weight excluding hydrogens is 419 g/mol. The Bertz CT molecular complexity index is 347. The molecule has 0 aromatic heterocycles. The maximum Gasteiger partial charge on any atom is 0.305 e. The van der Waals surface area contributed by atoms with Crippen molar-refractivity contribution in [1.82, 2.24) is 15.5 Å². The molecule has 0 radical (unpaired) electrons. The highest BCUT2D eigenvalue weighted by Crippen LogP contribution is 2.07. The number of carbonyl (C=O) groups excluding carboxylic acids is 1. The monoisotopic (exact) mass is 454 g/mol. The summed E-state index contributed by atoms with van der Waals surface area (Å²) in [4.78, 5) is 17.8. The van der Waals surface area contributed by atoms with E-state index in [0.717, 1.165) is 51.3 Å². The predicted octanol–water partition coefficient (Wildman–Crippen LogP) is 2.38. The molecule has 0 unspecified atom stereocenters. The molecule has 142 valence electrons. The van der Waals surface area contributed by atoms with Gasteiger partial charge in [0.25, 0.3) is 0 Å². The van der Waals surface area contributed by atoms with Crippen molar-refractivity contribution in [3.05, 3.63) is 0 Å². The molecule has 1 saturated heterocycles. The summed E-state index contributed by atoms with van der Waals surface area (Å²) in [7, 11) is 3.25. The molecule has 0 amide bonds. The van der Waals surface area contributed by atoms with E-state index in [0.29, 0.717) is 6.42 Å². The molecular formula is C17H35IN4O2. The van der Waals surface area contributed by atoms with E-state index in [1.54, 1.807) is 0 Å². The standard InChI is InChI=1S/C17H34N4O2.HI/c1-18-17(20-12-15-21-13-8-5-9-14-21)19-11-7-4-3-6-10-16(22)23-2;/h3-15H2,1-2H3,(H2,18,19,20);1H. The van der Waals surface area contributed by atoms with Crippen LogP contribution in [0.3, 0.4) is 0 Å². The molecule has 1 fully saturated rings. The van der Waals surface area contributed by atoms with E-state index in [2.05, 4.69) is 25.3 Å². The molecule has 6 nitrogen and oxygen atoms in total. The Morgan fingerprint density at radius 3 is 2.38 bits per heavy atom. The second-order valence-corrected chi connectivity index (χ2v) is 6.07. The number of guanidine groups is 1. The van der Waals surface area contributed by atoms with E-state index in [1.165, 1.54) is 39.5 Å². The fourth-order valence-electron chi connectivity index (χ4n) is 2.79. The third kappa shape index (κ3) is 11.9. The zero-order valence-electron chi connectivity index (χ0n) is 15.3. The normalized spacial score (nSPS) is 15.5. The van der Waals surface area contributed by atoms with Crippen LogP contribution >= 0.6 is 24.0 Å². The van der Waals surface area contributed by atoms with Gasteiger partial charge < -0.3 is 20.3 Å². The van der Waals surface area contributed by atoms with Gasteiger partial charge in [-0.25, -0.2) is 0 Å². The Morgan fingerprint density at radius 1 is 1.04 bits per heavy atom. The zero-order chi connectivity index (χ0) is 16.8. The number of hydrogen-bond acceptors (Lipinski definition) is 4. The third-order valence-corrected chi connectivity index (χ3v) is 4.22. The van der Waals surface area contributed by atoms with Gasteiger partial charge in [0.2, 0.25) is 0 Å². The lowest BCUT2D eigenvalue weighted by atomic mass is 10.1. The number of nitrogens with zero attached hydrogens (tertiary/aromatic N) is 2. The van der Waals surface area contributed by atoms with Crippen LogP contribution in [0.4, 0.5) is 0 Å². The molecule has 0 aromatic rings. The molecule has 0 bridgehead atoms. The minimum Gasteiger partial charge on any atom is -0.469 e. The van der Waals surface area contributed by atoms with Gasteiger partial charge in [0, 0.05) is 33.1 Å². The number of unbranched alkanes of at least 4 members (excludes halogenated alkanes) is 3. The Kier molecular flexibility index (Phi) is 15.6. The summed E-state index contributed by atoms with van der Waals surface area (Å²) < 4.78 is 4.63. The van der Waals surface area contributed by atoms with Crippen molar-refractivity contribution in [2.45, 2.75) is 51.4 Å². The van der Waals surface area contributed by atoms with Crippen LogP contribution in [-0.4, -0.2) is 63.7 Å². The van der Waals surface area contributed by atoms with Crippen molar-refractivity contribution in [3.63, 3.8) is 0 Å². The fraction of sp³-hybridized carbons (Fsp3) is 0.882. The third-order valence-electron chi connectivity index (χ3n) is 4.22. The van der Waals surface area contributed by atoms with E-state index in [1.807, 2.05) is 7.05 Å². The van der Waals surface area contributed by atoms with Gasteiger partial charge in [-0.05, 0) is 38.8 Å². The van der Waals surface area contributed by atoms with Crippen LogP contribution in [0.5, 0.6) is 0 Å². The van der Waals surface area contributed by atoms with Gasteiger partial charge in [0.05, 0.1) is 7.11 Å². The van der Waals surface area contributed by atoms with E-state index in [4.69, 9.17) is 0 Å². The lowest BCUT2D eigenvalue weighted by Gasteiger charge is -2.26. The van der Waals surface area contributed by atoms with E-state index < -0.39 is 0 Å². The number of halogens is 1. The van der Waals surface area contributed by atoms with Gasteiger partial charge in [-0.2, -0.15) is 0 Å². The number of nitrogens with one attached hydrogen (secondary N) is 2. The van der Waals surface area contributed by atoms with Crippen LogP contribution in [0.25, 0.3) is 0 Å². The molecule has 7 heteroatoms. The minimum atomic E-state index is -0.110. The maximum atomic E-state index is 11.0. The molecule has 0 saturated carbocycles. The maximum absolute atomic E-state index is 11.0. The molecule has 0 atom stereocenters. The molecule has 0 spiro atoms. The summed E-state index contributed by atoms with van der Waals surface area (Å²) in [5.74, 6) is 0.776. The smallest absolute Gasteiger partial charge is 0.305 e. The second kappa shape index (κ2) is 15.9. The summed E-state index contributed by atoms with van der Waals surface area (Å²) in [6.45, 7) is 5.42. The van der Waals surface area contributed by atoms with Crippen LogP contribution in [0, 0.1) is 0 Å². The first-order valence-electron chi connectivity index (χ1n) is 9.00. The highest BCUT2D eigenvalue weighted by Gasteiger charge is 2.09.